The van der Waals surface area contributed by atoms with Crippen molar-refractivity contribution in [3.05, 3.63) is 23.9 Å². The molecule has 0 radical (unpaired) electrons. The maximum atomic E-state index is 10.8. The van der Waals surface area contributed by atoms with Gasteiger partial charge in [0, 0.05) is 10.9 Å². The van der Waals surface area contributed by atoms with Crippen molar-refractivity contribution < 1.29 is 14.6 Å². The molecule has 15 heavy (non-hydrogen) atoms. The lowest BCUT2D eigenvalue weighted by molar-refractivity contribution is 0.0691. The summed E-state index contributed by atoms with van der Waals surface area (Å²) in [5, 5.41) is 12.8. The van der Waals surface area contributed by atoms with Crippen molar-refractivity contribution in [2.45, 2.75) is 0 Å². The summed E-state index contributed by atoms with van der Waals surface area (Å²) in [5.74, 6) is -0.197. The Morgan fingerprint density at radius 1 is 1.47 bits per heavy atom. The number of fused-ring (bicyclic) bond motifs is 3. The van der Waals surface area contributed by atoms with E-state index in [-0.39, 0.29) is 5.69 Å². The van der Waals surface area contributed by atoms with Crippen LogP contribution in [0.1, 0.15) is 10.5 Å². The zero-order valence-corrected chi connectivity index (χ0v) is 7.70. The first-order valence-electron chi connectivity index (χ1n) is 4.51. The minimum Gasteiger partial charge on any atom is -0.477 e. The van der Waals surface area contributed by atoms with E-state index >= 15 is 0 Å². The van der Waals surface area contributed by atoms with Crippen molar-refractivity contribution in [3.8, 4) is 5.75 Å². The number of H-pyrrole nitrogens is 1. The number of nitrogens with one attached hydrogen (secondary N) is 2. The van der Waals surface area contributed by atoms with Gasteiger partial charge in [0.1, 0.15) is 11.4 Å². The van der Waals surface area contributed by atoms with Gasteiger partial charge in [-0.3, -0.25) is 0 Å². The molecule has 2 aromatic rings. The number of aromatic amines is 1. The van der Waals surface area contributed by atoms with Crippen molar-refractivity contribution in [2.75, 3.05) is 12.0 Å². The number of ether oxygens (including phenoxy) is 1. The first-order chi connectivity index (χ1) is 7.25. The molecule has 1 aromatic heterocycles. The Labute approximate surface area is 84.7 Å². The highest BCUT2D eigenvalue weighted by atomic mass is 16.5. The molecular weight excluding hydrogens is 196 g/mol. The van der Waals surface area contributed by atoms with Gasteiger partial charge >= 0.3 is 5.97 Å². The molecule has 1 aliphatic rings. The van der Waals surface area contributed by atoms with Crippen LogP contribution in [0.15, 0.2) is 18.2 Å². The Balaban J connectivity index is 2.31. The van der Waals surface area contributed by atoms with Crippen LogP contribution < -0.4 is 10.1 Å². The maximum absolute atomic E-state index is 10.8. The largest absolute Gasteiger partial charge is 0.477 e. The summed E-state index contributed by atoms with van der Waals surface area (Å²) in [7, 11) is 0. The number of aromatic nitrogens is 1. The average Bonchev–Trinajstić information content (AvgIpc) is 2.82. The molecule has 5 heteroatoms. The molecule has 3 N–H and O–H groups in total. The summed E-state index contributed by atoms with van der Waals surface area (Å²) < 4.78 is 5.30. The normalized spacial score (nSPS) is 13.3. The Morgan fingerprint density at radius 3 is 3.13 bits per heavy atom. The molecule has 76 valence electrons. The van der Waals surface area contributed by atoms with E-state index in [0.717, 1.165) is 22.3 Å². The van der Waals surface area contributed by atoms with Gasteiger partial charge in [-0.15, -0.1) is 0 Å². The quantitative estimate of drug-likeness (QED) is 0.660. The third-order valence-electron chi connectivity index (χ3n) is 2.47. The molecule has 3 rings (SSSR count). The number of anilines is 1. The van der Waals surface area contributed by atoms with Crippen LogP contribution in [0.4, 0.5) is 5.69 Å². The van der Waals surface area contributed by atoms with Crippen LogP contribution in [0.2, 0.25) is 0 Å². The van der Waals surface area contributed by atoms with Crippen molar-refractivity contribution in [2.24, 2.45) is 0 Å². The van der Waals surface area contributed by atoms with Crippen LogP contribution in [-0.4, -0.2) is 22.8 Å². The Kier molecular flexibility index (Phi) is 1.45. The molecule has 0 bridgehead atoms. The number of rotatable bonds is 1. The summed E-state index contributed by atoms with van der Waals surface area (Å²) in [5.41, 5.74) is 1.84. The molecule has 0 saturated carbocycles. The number of carbonyl (C=O) groups is 1. The zero-order chi connectivity index (χ0) is 10.4. The van der Waals surface area contributed by atoms with Gasteiger partial charge in [-0.05, 0) is 18.2 Å². The molecular formula is C10H8N2O3. The number of carboxylic acid groups (broad SMARTS) is 1. The second kappa shape index (κ2) is 2.66. The van der Waals surface area contributed by atoms with Crippen molar-refractivity contribution >= 4 is 22.6 Å². The molecule has 1 aromatic carbocycles. The second-order valence-electron chi connectivity index (χ2n) is 3.35. The Morgan fingerprint density at radius 2 is 2.33 bits per heavy atom. The van der Waals surface area contributed by atoms with Crippen molar-refractivity contribution in [1.82, 2.24) is 4.98 Å². The second-order valence-corrected chi connectivity index (χ2v) is 3.35. The van der Waals surface area contributed by atoms with E-state index in [1.165, 1.54) is 0 Å². The van der Waals surface area contributed by atoms with Gasteiger partial charge in [0.2, 0.25) is 0 Å². The highest BCUT2D eigenvalue weighted by Gasteiger charge is 2.17. The van der Waals surface area contributed by atoms with Crippen LogP contribution in [0.5, 0.6) is 5.75 Å². The first-order valence-corrected chi connectivity index (χ1v) is 4.51. The monoisotopic (exact) mass is 204 g/mol. The van der Waals surface area contributed by atoms with Gasteiger partial charge in [0.25, 0.3) is 0 Å². The molecule has 0 aliphatic carbocycles. The van der Waals surface area contributed by atoms with Gasteiger partial charge in [0.15, 0.2) is 6.73 Å². The van der Waals surface area contributed by atoms with Crippen LogP contribution in [0.25, 0.3) is 10.9 Å². The number of hydrogen-bond acceptors (Lipinski definition) is 3. The number of benzene rings is 1. The van der Waals surface area contributed by atoms with E-state index in [9.17, 15) is 4.79 Å². The van der Waals surface area contributed by atoms with Gasteiger partial charge in [-0.1, -0.05) is 0 Å². The highest BCUT2D eigenvalue weighted by Crippen LogP contribution is 2.36. The van der Waals surface area contributed by atoms with Gasteiger partial charge in [-0.2, -0.15) is 0 Å². The molecule has 0 amide bonds. The molecule has 0 saturated heterocycles. The molecule has 5 nitrogen and oxygen atoms in total. The number of hydrogen-bond donors (Lipinski definition) is 3. The van der Waals surface area contributed by atoms with Crippen LogP contribution >= 0.6 is 0 Å². The van der Waals surface area contributed by atoms with E-state index in [4.69, 9.17) is 9.84 Å². The fraction of sp³-hybridized carbons (Fsp3) is 0.100. The van der Waals surface area contributed by atoms with E-state index in [0.29, 0.717) is 6.73 Å². The summed E-state index contributed by atoms with van der Waals surface area (Å²) in [6.45, 7) is 0.433. The van der Waals surface area contributed by atoms with E-state index < -0.39 is 5.97 Å². The van der Waals surface area contributed by atoms with Crippen molar-refractivity contribution in [3.63, 3.8) is 0 Å². The summed E-state index contributed by atoms with van der Waals surface area (Å²) in [4.78, 5) is 13.6. The predicted octanol–water partition coefficient (Wildman–Crippen LogP) is 1.63. The lowest BCUT2D eigenvalue weighted by Crippen LogP contribution is -1.96. The summed E-state index contributed by atoms with van der Waals surface area (Å²) >= 11 is 0. The SMILES string of the molecule is O=C(O)c1cc2c3c(ccc2[nH]1)OCN3. The molecule has 0 unspecified atom stereocenters. The minimum absolute atomic E-state index is 0.187. The van der Waals surface area contributed by atoms with E-state index in [1.807, 2.05) is 12.1 Å². The van der Waals surface area contributed by atoms with Gasteiger partial charge < -0.3 is 20.1 Å². The Hall–Kier alpha value is -2.17. The fourth-order valence-corrected chi connectivity index (χ4v) is 1.79. The third-order valence-corrected chi connectivity index (χ3v) is 2.47. The number of aromatic carboxylic acids is 1. The summed E-state index contributed by atoms with van der Waals surface area (Å²) in [6.07, 6.45) is 0. The van der Waals surface area contributed by atoms with Gasteiger partial charge in [0.05, 0.1) is 5.69 Å². The standard InChI is InChI=1S/C10H8N2O3/c13-10(14)7-3-5-6(12-7)1-2-8-9(5)11-4-15-8/h1-3,11-12H,4H2,(H,13,14). The van der Waals surface area contributed by atoms with E-state index in [1.54, 1.807) is 6.07 Å². The van der Waals surface area contributed by atoms with Crippen LogP contribution in [-0.2, 0) is 0 Å². The maximum Gasteiger partial charge on any atom is 0.352 e. The fourth-order valence-electron chi connectivity index (χ4n) is 1.79. The molecule has 0 spiro atoms. The summed E-state index contributed by atoms with van der Waals surface area (Å²) in [6, 6.07) is 5.24. The third kappa shape index (κ3) is 1.06. The van der Waals surface area contributed by atoms with Crippen LogP contribution in [0, 0.1) is 0 Å². The lowest BCUT2D eigenvalue weighted by atomic mass is 10.2. The lowest BCUT2D eigenvalue weighted by Gasteiger charge is -1.97. The molecule has 2 heterocycles. The number of carboxylic acids is 1. The smallest absolute Gasteiger partial charge is 0.352 e. The molecule has 0 atom stereocenters. The minimum atomic E-state index is -0.959. The van der Waals surface area contributed by atoms with Crippen molar-refractivity contribution in [1.29, 1.82) is 0 Å². The molecule has 1 aliphatic heterocycles. The topological polar surface area (TPSA) is 74.3 Å². The zero-order valence-electron chi connectivity index (χ0n) is 7.70. The van der Waals surface area contributed by atoms with Crippen LogP contribution in [0.3, 0.4) is 0 Å². The first kappa shape index (κ1) is 8.16. The van der Waals surface area contributed by atoms with Gasteiger partial charge in [-0.25, -0.2) is 4.79 Å². The Bertz CT molecular complexity index is 559. The van der Waals surface area contributed by atoms with E-state index in [2.05, 4.69) is 10.3 Å². The highest BCUT2D eigenvalue weighted by molar-refractivity contribution is 6.01. The molecule has 0 fully saturated rings. The predicted molar refractivity (Wildman–Crippen MR) is 54.4 cm³/mol. The average molecular weight is 204 g/mol.